The summed E-state index contributed by atoms with van der Waals surface area (Å²) in [6, 6.07) is 2.05. The predicted octanol–water partition coefficient (Wildman–Crippen LogP) is 1.10. The summed E-state index contributed by atoms with van der Waals surface area (Å²) in [6.45, 7) is 0. The van der Waals surface area contributed by atoms with Gasteiger partial charge in [-0.1, -0.05) is 0 Å². The number of carbonyl (C=O) groups is 1. The summed E-state index contributed by atoms with van der Waals surface area (Å²) in [5, 5.41) is 9.55. The number of benzene rings is 1. The molecule has 0 spiro atoms. The van der Waals surface area contributed by atoms with Crippen LogP contribution in [0.25, 0.3) is 0 Å². The monoisotopic (exact) mass is 273 g/mol. The average Bonchev–Trinajstić information content (AvgIpc) is 2.98. The molecular weight excluding hydrogens is 261 g/mol. The lowest BCUT2D eigenvalue weighted by Crippen LogP contribution is -2.30. The Labute approximate surface area is 104 Å². The summed E-state index contributed by atoms with van der Waals surface area (Å²) in [5.74, 6) is -2.06. The molecule has 2 rings (SSSR count). The molecule has 1 saturated carbocycles. The van der Waals surface area contributed by atoms with E-state index in [9.17, 15) is 22.7 Å². The number of sulfonamides is 1. The van der Waals surface area contributed by atoms with Crippen molar-refractivity contribution in [2.45, 2.75) is 18.8 Å². The molecule has 1 aromatic carbocycles. The van der Waals surface area contributed by atoms with E-state index in [1.165, 1.54) is 6.07 Å². The van der Waals surface area contributed by atoms with Crippen LogP contribution in [0.4, 0.5) is 4.39 Å². The van der Waals surface area contributed by atoms with Gasteiger partial charge in [-0.25, -0.2) is 17.5 Å². The zero-order valence-electron chi connectivity index (χ0n) is 9.60. The number of hydrogen-bond acceptors (Lipinski definition) is 4. The lowest BCUT2D eigenvalue weighted by molar-refractivity contribution is 0.0977. The topological polar surface area (TPSA) is 83.5 Å². The average molecular weight is 273 g/mol. The first-order valence-corrected chi connectivity index (χ1v) is 7.21. The molecule has 1 aliphatic carbocycles. The fourth-order valence-corrected chi connectivity index (χ4v) is 2.14. The molecule has 1 fully saturated rings. The van der Waals surface area contributed by atoms with Crippen molar-refractivity contribution in [3.63, 3.8) is 0 Å². The molecule has 5 nitrogen and oxygen atoms in total. The Morgan fingerprint density at radius 2 is 2.06 bits per heavy atom. The van der Waals surface area contributed by atoms with Gasteiger partial charge >= 0.3 is 0 Å². The lowest BCUT2D eigenvalue weighted by Gasteiger charge is -2.08. The molecule has 1 aliphatic rings. The number of rotatable bonds is 3. The second kappa shape index (κ2) is 4.24. The predicted molar refractivity (Wildman–Crippen MR) is 62.3 cm³/mol. The minimum atomic E-state index is -3.74. The molecule has 98 valence electrons. The van der Waals surface area contributed by atoms with Gasteiger partial charge in [0.05, 0.1) is 11.8 Å². The highest BCUT2D eigenvalue weighted by molar-refractivity contribution is 7.89. The maximum Gasteiger partial charge on any atom is 0.267 e. The molecule has 7 heteroatoms. The van der Waals surface area contributed by atoms with Crippen LogP contribution in [0.1, 0.15) is 34.7 Å². The van der Waals surface area contributed by atoms with Gasteiger partial charge in [-0.2, -0.15) is 0 Å². The number of phenols is 1. The Balaban J connectivity index is 2.38. The third-order valence-corrected chi connectivity index (χ3v) is 3.21. The van der Waals surface area contributed by atoms with Crippen molar-refractivity contribution in [3.05, 3.63) is 29.1 Å². The summed E-state index contributed by atoms with van der Waals surface area (Å²) in [6.07, 6.45) is 2.55. The molecule has 0 unspecified atom stereocenters. The largest absolute Gasteiger partial charge is 0.508 e. The standard InChI is InChI=1S/C11H12FNO4S/c1-18(16,17)13-11(15)8-4-7(6-2-3-6)10(14)5-9(8)12/h4-6,14H,2-3H2,1H3,(H,13,15). The molecule has 0 saturated heterocycles. The number of aromatic hydroxyl groups is 1. The van der Waals surface area contributed by atoms with Crippen molar-refractivity contribution in [3.8, 4) is 5.75 Å². The normalized spacial score (nSPS) is 15.4. The molecule has 0 radical (unpaired) electrons. The molecule has 18 heavy (non-hydrogen) atoms. The molecule has 1 amide bonds. The van der Waals surface area contributed by atoms with Crippen molar-refractivity contribution in [1.82, 2.24) is 4.72 Å². The quantitative estimate of drug-likeness (QED) is 0.863. The molecule has 0 aromatic heterocycles. The number of amides is 1. The van der Waals surface area contributed by atoms with Crippen LogP contribution < -0.4 is 4.72 Å². The second-order valence-electron chi connectivity index (χ2n) is 4.37. The van der Waals surface area contributed by atoms with E-state index in [0.29, 0.717) is 5.56 Å². The minimum Gasteiger partial charge on any atom is -0.508 e. The van der Waals surface area contributed by atoms with Crippen LogP contribution in [-0.2, 0) is 10.0 Å². The fourth-order valence-electron chi connectivity index (χ4n) is 1.70. The molecule has 0 heterocycles. The van der Waals surface area contributed by atoms with Crippen molar-refractivity contribution < 1.29 is 22.7 Å². The van der Waals surface area contributed by atoms with Gasteiger partial charge in [-0.3, -0.25) is 4.79 Å². The van der Waals surface area contributed by atoms with E-state index in [1.807, 2.05) is 0 Å². The first-order chi connectivity index (χ1) is 8.28. The highest BCUT2D eigenvalue weighted by atomic mass is 32.2. The smallest absolute Gasteiger partial charge is 0.267 e. The van der Waals surface area contributed by atoms with Gasteiger partial charge in [0.25, 0.3) is 5.91 Å². The van der Waals surface area contributed by atoms with Gasteiger partial charge in [0, 0.05) is 6.07 Å². The van der Waals surface area contributed by atoms with Crippen LogP contribution in [0.15, 0.2) is 12.1 Å². The van der Waals surface area contributed by atoms with Crippen LogP contribution in [0.2, 0.25) is 0 Å². The Hall–Kier alpha value is -1.63. The van der Waals surface area contributed by atoms with Gasteiger partial charge in [-0.15, -0.1) is 0 Å². The first kappa shape index (κ1) is 12.8. The molecule has 0 atom stereocenters. The highest BCUT2D eigenvalue weighted by Crippen LogP contribution is 2.44. The van der Waals surface area contributed by atoms with Crippen molar-refractivity contribution in [2.24, 2.45) is 0 Å². The van der Waals surface area contributed by atoms with Crippen molar-refractivity contribution >= 4 is 15.9 Å². The van der Waals surface area contributed by atoms with Gasteiger partial charge in [0.15, 0.2) is 0 Å². The second-order valence-corrected chi connectivity index (χ2v) is 6.12. The van der Waals surface area contributed by atoms with E-state index in [1.54, 1.807) is 4.72 Å². The van der Waals surface area contributed by atoms with Crippen LogP contribution in [0.5, 0.6) is 5.75 Å². The number of phenolic OH excluding ortho intramolecular Hbond substituents is 1. The summed E-state index contributed by atoms with van der Waals surface area (Å²) < 4.78 is 37.1. The van der Waals surface area contributed by atoms with E-state index < -0.39 is 21.7 Å². The first-order valence-electron chi connectivity index (χ1n) is 5.32. The minimum absolute atomic E-state index is 0.121. The molecule has 1 aromatic rings. The van der Waals surface area contributed by atoms with E-state index in [4.69, 9.17) is 0 Å². The summed E-state index contributed by atoms with van der Waals surface area (Å²) in [4.78, 5) is 11.6. The SMILES string of the molecule is CS(=O)(=O)NC(=O)c1cc(C2CC2)c(O)cc1F. The van der Waals surface area contributed by atoms with Gasteiger partial charge in [0.1, 0.15) is 11.6 Å². The molecule has 0 aliphatic heterocycles. The van der Waals surface area contributed by atoms with E-state index >= 15 is 0 Å². The Bertz CT molecular complexity index is 608. The Morgan fingerprint density at radius 1 is 1.44 bits per heavy atom. The van der Waals surface area contributed by atoms with Gasteiger partial charge < -0.3 is 5.11 Å². The number of halogens is 1. The van der Waals surface area contributed by atoms with Crippen molar-refractivity contribution in [1.29, 1.82) is 0 Å². The van der Waals surface area contributed by atoms with Gasteiger partial charge in [0.2, 0.25) is 10.0 Å². The van der Waals surface area contributed by atoms with E-state index in [2.05, 4.69) is 0 Å². The lowest BCUT2D eigenvalue weighted by atomic mass is 10.0. The third-order valence-electron chi connectivity index (χ3n) is 2.66. The molecule has 2 N–H and O–H groups in total. The van der Waals surface area contributed by atoms with Gasteiger partial charge in [-0.05, 0) is 30.4 Å². The Morgan fingerprint density at radius 3 is 2.56 bits per heavy atom. The van der Waals surface area contributed by atoms with Crippen LogP contribution in [-0.4, -0.2) is 25.7 Å². The fraction of sp³-hybridized carbons (Fsp3) is 0.364. The maximum atomic E-state index is 13.5. The highest BCUT2D eigenvalue weighted by Gasteiger charge is 2.29. The van der Waals surface area contributed by atoms with E-state index in [0.717, 1.165) is 25.2 Å². The van der Waals surface area contributed by atoms with Crippen LogP contribution in [0.3, 0.4) is 0 Å². The summed E-state index contributed by atoms with van der Waals surface area (Å²) in [5.41, 5.74) is 0.107. The molecule has 0 bridgehead atoms. The van der Waals surface area contributed by atoms with E-state index in [-0.39, 0.29) is 17.2 Å². The third kappa shape index (κ3) is 2.79. The number of nitrogens with one attached hydrogen (secondary N) is 1. The summed E-state index contributed by atoms with van der Waals surface area (Å²) >= 11 is 0. The van der Waals surface area contributed by atoms with Crippen molar-refractivity contribution in [2.75, 3.05) is 6.26 Å². The zero-order chi connectivity index (χ0) is 13.5. The maximum absolute atomic E-state index is 13.5. The molecular formula is C11H12FNO4S. The Kier molecular flexibility index (Phi) is 3.02. The number of carbonyl (C=O) groups excluding carboxylic acids is 1. The van der Waals surface area contributed by atoms with Crippen LogP contribution in [0, 0.1) is 5.82 Å². The number of hydrogen-bond donors (Lipinski definition) is 2. The summed E-state index contributed by atoms with van der Waals surface area (Å²) in [7, 11) is -3.74. The zero-order valence-corrected chi connectivity index (χ0v) is 10.4. The van der Waals surface area contributed by atoms with Crippen LogP contribution >= 0.6 is 0 Å².